The van der Waals surface area contributed by atoms with E-state index >= 15 is 0 Å². The number of imide groups is 1. The molecule has 2 aromatic carbocycles. The van der Waals surface area contributed by atoms with Gasteiger partial charge in [0.15, 0.2) is 5.78 Å². The first-order chi connectivity index (χ1) is 15.2. The zero-order valence-corrected chi connectivity index (χ0v) is 18.5. The summed E-state index contributed by atoms with van der Waals surface area (Å²) >= 11 is 0. The van der Waals surface area contributed by atoms with E-state index in [1.54, 1.807) is 26.0 Å². The highest BCUT2D eigenvalue weighted by atomic mass is 16.5. The molecule has 0 aromatic heterocycles. The highest BCUT2D eigenvalue weighted by Crippen LogP contribution is 2.49. The minimum Gasteiger partial charge on any atom is -0.468 e. The Balaban J connectivity index is 1.68. The molecule has 1 N–H and O–H groups in total. The van der Waals surface area contributed by atoms with Gasteiger partial charge in [-0.05, 0) is 37.5 Å². The second-order valence-corrected chi connectivity index (χ2v) is 8.50. The molecular weight excluding hydrogens is 408 g/mol. The van der Waals surface area contributed by atoms with Crippen molar-refractivity contribution >= 4 is 23.6 Å². The molecule has 0 spiro atoms. The zero-order valence-electron chi connectivity index (χ0n) is 18.5. The van der Waals surface area contributed by atoms with Crippen LogP contribution in [0.1, 0.15) is 42.7 Å². The smallest absolute Gasteiger partial charge is 0.326 e. The van der Waals surface area contributed by atoms with Crippen LogP contribution in [-0.4, -0.2) is 47.7 Å². The molecule has 0 radical (unpaired) electrons. The third kappa shape index (κ3) is 3.24. The number of Topliss-reactive ketones (excluding diaryl/α,β-unsaturated/α-hetero) is 1. The van der Waals surface area contributed by atoms with Gasteiger partial charge in [0, 0.05) is 18.2 Å². The summed E-state index contributed by atoms with van der Waals surface area (Å²) < 4.78 is 4.98. The number of nitrogens with zero attached hydrogens (tertiary/aromatic N) is 1. The number of carbonyl (C=O) groups is 4. The number of carbonyl (C=O) groups excluding carboxylic acids is 4. The van der Waals surface area contributed by atoms with Crippen molar-refractivity contribution < 1.29 is 23.9 Å². The van der Waals surface area contributed by atoms with Gasteiger partial charge in [0.25, 0.3) is 0 Å². The Morgan fingerprint density at radius 2 is 1.56 bits per heavy atom. The molecule has 2 heterocycles. The molecule has 7 heteroatoms. The van der Waals surface area contributed by atoms with Crippen LogP contribution in [0.2, 0.25) is 0 Å². The van der Waals surface area contributed by atoms with E-state index in [-0.39, 0.29) is 24.1 Å². The normalized spacial score (nSPS) is 26.9. The first-order valence-electron chi connectivity index (χ1n) is 10.7. The topological polar surface area (TPSA) is 92.8 Å². The van der Waals surface area contributed by atoms with Gasteiger partial charge in [-0.15, -0.1) is 0 Å². The standard InChI is InChI=1S/C25H26N2O5/c1-5-27-22(29)19-20(23(27)30)25(3,24(31)32-4)26-21(19)18-12-10-17(11-13-18)16-8-6-15(7-9-16)14(2)28/h6-13,19-21,26H,5H2,1-4H3/t19?,20?,21?,25-/m1/s1. The maximum absolute atomic E-state index is 13.1. The van der Waals surface area contributed by atoms with Crippen molar-refractivity contribution in [2.24, 2.45) is 11.8 Å². The maximum Gasteiger partial charge on any atom is 0.326 e. The summed E-state index contributed by atoms with van der Waals surface area (Å²) in [7, 11) is 1.28. The third-order valence-electron chi connectivity index (χ3n) is 6.70. The Hall–Kier alpha value is -3.32. The quantitative estimate of drug-likeness (QED) is 0.442. The molecule has 2 aliphatic rings. The van der Waals surface area contributed by atoms with Gasteiger partial charge < -0.3 is 4.74 Å². The second kappa shape index (κ2) is 7.98. The maximum atomic E-state index is 13.1. The Morgan fingerprint density at radius 1 is 1.00 bits per heavy atom. The van der Waals surface area contributed by atoms with Crippen molar-refractivity contribution in [3.05, 3.63) is 59.7 Å². The summed E-state index contributed by atoms with van der Waals surface area (Å²) in [5, 5.41) is 3.24. The van der Waals surface area contributed by atoms with Gasteiger partial charge in [-0.1, -0.05) is 48.5 Å². The Bertz CT molecular complexity index is 1090. The summed E-state index contributed by atoms with van der Waals surface area (Å²) in [6, 6.07) is 14.5. The van der Waals surface area contributed by atoms with Gasteiger partial charge in [0.1, 0.15) is 5.54 Å². The molecule has 2 amide bonds. The summed E-state index contributed by atoms with van der Waals surface area (Å²) in [5.74, 6) is -2.64. The van der Waals surface area contributed by atoms with Crippen molar-refractivity contribution in [3.8, 4) is 11.1 Å². The predicted octanol–water partition coefficient (Wildman–Crippen LogP) is 2.75. The highest BCUT2D eigenvalue weighted by molar-refractivity contribution is 6.09. The molecule has 2 fully saturated rings. The van der Waals surface area contributed by atoms with Crippen LogP contribution in [0.3, 0.4) is 0 Å². The molecule has 2 aliphatic heterocycles. The van der Waals surface area contributed by atoms with Crippen LogP contribution in [0.5, 0.6) is 0 Å². The Kier molecular flexibility index (Phi) is 5.46. The van der Waals surface area contributed by atoms with Crippen LogP contribution < -0.4 is 5.32 Å². The van der Waals surface area contributed by atoms with E-state index in [2.05, 4.69) is 5.32 Å². The first kappa shape index (κ1) is 21.9. The van der Waals surface area contributed by atoms with E-state index in [0.717, 1.165) is 16.7 Å². The average Bonchev–Trinajstić information content (AvgIpc) is 3.26. The molecule has 32 heavy (non-hydrogen) atoms. The number of fused-ring (bicyclic) bond motifs is 1. The van der Waals surface area contributed by atoms with Gasteiger partial charge in [-0.25, -0.2) is 0 Å². The van der Waals surface area contributed by atoms with E-state index in [9.17, 15) is 19.2 Å². The van der Waals surface area contributed by atoms with Crippen LogP contribution in [0.15, 0.2) is 48.5 Å². The van der Waals surface area contributed by atoms with Crippen LogP contribution in [0.4, 0.5) is 0 Å². The van der Waals surface area contributed by atoms with Crippen LogP contribution in [0.25, 0.3) is 11.1 Å². The number of esters is 1. The summed E-state index contributed by atoms with van der Waals surface area (Å²) in [6.45, 7) is 5.18. The number of ether oxygens (including phenoxy) is 1. The second-order valence-electron chi connectivity index (χ2n) is 8.50. The molecule has 4 atom stereocenters. The monoisotopic (exact) mass is 434 g/mol. The number of likely N-dealkylation sites (tertiary alicyclic amines) is 1. The predicted molar refractivity (Wildman–Crippen MR) is 118 cm³/mol. The number of hydrogen-bond donors (Lipinski definition) is 1. The van der Waals surface area contributed by atoms with Crippen LogP contribution in [-0.2, 0) is 19.1 Å². The lowest BCUT2D eigenvalue weighted by Gasteiger charge is -2.28. The molecule has 0 aliphatic carbocycles. The summed E-state index contributed by atoms with van der Waals surface area (Å²) in [4.78, 5) is 51.4. The average molecular weight is 434 g/mol. The fourth-order valence-electron chi connectivity index (χ4n) is 4.98. The van der Waals surface area contributed by atoms with Gasteiger partial charge >= 0.3 is 5.97 Å². The minimum atomic E-state index is -1.29. The molecule has 166 valence electrons. The van der Waals surface area contributed by atoms with E-state index in [1.807, 2.05) is 36.4 Å². The zero-order chi connectivity index (χ0) is 23.2. The molecule has 3 unspecified atom stereocenters. The third-order valence-corrected chi connectivity index (χ3v) is 6.70. The highest BCUT2D eigenvalue weighted by Gasteiger charge is 2.66. The Labute approximate surface area is 186 Å². The number of hydrogen-bond acceptors (Lipinski definition) is 6. The van der Waals surface area contributed by atoms with E-state index < -0.39 is 29.4 Å². The van der Waals surface area contributed by atoms with Gasteiger partial charge in [-0.2, -0.15) is 0 Å². The van der Waals surface area contributed by atoms with Crippen LogP contribution >= 0.6 is 0 Å². The first-order valence-corrected chi connectivity index (χ1v) is 10.7. The number of nitrogens with one attached hydrogen (secondary N) is 1. The number of methoxy groups -OCH3 is 1. The molecule has 0 saturated carbocycles. The number of rotatable bonds is 5. The van der Waals surface area contributed by atoms with E-state index in [0.29, 0.717) is 5.56 Å². The fraction of sp³-hybridized carbons (Fsp3) is 0.360. The SMILES string of the molecule is CCN1C(=O)C2C(c3ccc(-c4ccc(C(C)=O)cc4)cc3)N[C@@](C)(C(=O)OC)C2C1=O. The lowest BCUT2D eigenvalue weighted by molar-refractivity contribution is -0.153. The minimum absolute atomic E-state index is 0.0133. The van der Waals surface area contributed by atoms with E-state index in [4.69, 9.17) is 4.74 Å². The van der Waals surface area contributed by atoms with Crippen molar-refractivity contribution in [2.75, 3.05) is 13.7 Å². The van der Waals surface area contributed by atoms with Gasteiger partial charge in [-0.3, -0.25) is 29.4 Å². The molecule has 0 bridgehead atoms. The van der Waals surface area contributed by atoms with Crippen LogP contribution in [0, 0.1) is 11.8 Å². The molecular formula is C25H26N2O5. The summed E-state index contributed by atoms with van der Waals surface area (Å²) in [5.41, 5.74) is 2.09. The van der Waals surface area contributed by atoms with Crippen molar-refractivity contribution in [2.45, 2.75) is 32.4 Å². The largest absolute Gasteiger partial charge is 0.468 e. The Morgan fingerprint density at radius 3 is 2.06 bits per heavy atom. The molecule has 7 nitrogen and oxygen atoms in total. The lowest BCUT2D eigenvalue weighted by atomic mass is 9.80. The number of amides is 2. The molecule has 2 saturated heterocycles. The van der Waals surface area contributed by atoms with Crippen molar-refractivity contribution in [1.29, 1.82) is 0 Å². The molecule has 4 rings (SSSR count). The van der Waals surface area contributed by atoms with E-state index in [1.165, 1.54) is 18.9 Å². The fourth-order valence-corrected chi connectivity index (χ4v) is 4.98. The number of benzene rings is 2. The van der Waals surface area contributed by atoms with Gasteiger partial charge in [0.2, 0.25) is 11.8 Å². The lowest BCUT2D eigenvalue weighted by Crippen LogP contribution is -2.53. The summed E-state index contributed by atoms with van der Waals surface area (Å²) in [6.07, 6.45) is 0. The van der Waals surface area contributed by atoms with Crippen molar-refractivity contribution in [3.63, 3.8) is 0 Å². The number of ketones is 1. The van der Waals surface area contributed by atoms with Gasteiger partial charge in [0.05, 0.1) is 18.9 Å². The van der Waals surface area contributed by atoms with Crippen molar-refractivity contribution in [1.82, 2.24) is 10.2 Å². The molecule has 2 aromatic rings.